The minimum absolute atomic E-state index is 0. The van der Waals surface area contributed by atoms with Crippen molar-refractivity contribution < 1.29 is 22.8 Å². The first kappa shape index (κ1) is 28.1. The van der Waals surface area contributed by atoms with Gasteiger partial charge in [0.05, 0.1) is 0 Å². The zero-order chi connectivity index (χ0) is 0. The molecule has 0 aromatic heterocycles. The van der Waals surface area contributed by atoms with E-state index in [0.717, 1.165) is 0 Å². The van der Waals surface area contributed by atoms with Crippen molar-refractivity contribution in [3.63, 3.8) is 0 Å². The first-order chi connectivity index (χ1) is 0. The molecule has 0 saturated heterocycles. The fourth-order valence-corrected chi connectivity index (χ4v) is 0. The maximum Gasteiger partial charge on any atom is 2.00 e. The van der Waals surface area contributed by atoms with Gasteiger partial charge in [-0.25, -0.2) is 0 Å². The summed E-state index contributed by atoms with van der Waals surface area (Å²) in [5.41, 5.74) is 0. The zero-order valence-electron chi connectivity index (χ0n) is 6.47. The van der Waals surface area contributed by atoms with Crippen LogP contribution in [0, 0.1) is 0 Å². The van der Waals surface area contributed by atoms with Gasteiger partial charge in [0.1, 0.15) is 0 Å². The van der Waals surface area contributed by atoms with Gasteiger partial charge in [0.25, 0.3) is 0 Å². The van der Waals surface area contributed by atoms with Crippen LogP contribution in [0.15, 0.2) is 0 Å². The van der Waals surface area contributed by atoms with Crippen molar-refractivity contribution >= 4 is 70.7 Å². The number of hydrogen-bond donors (Lipinski definition) is 0. The van der Waals surface area contributed by atoms with Gasteiger partial charge in [-0.15, -0.1) is 0 Å². The fourth-order valence-electron chi connectivity index (χ4n) is 0. The van der Waals surface area contributed by atoms with Crippen LogP contribution in [0.4, 0.5) is 0 Å². The van der Waals surface area contributed by atoms with Crippen molar-refractivity contribution in [1.82, 2.24) is 0 Å². The Morgan fingerprint density at radius 1 is 1.25 bits per heavy atom. The molecule has 0 fully saturated rings. The van der Waals surface area contributed by atoms with Gasteiger partial charge < -0.3 is 5.71 Å². The summed E-state index contributed by atoms with van der Waals surface area (Å²) in [7, 11) is 0. The molecule has 4 heteroatoms. The Bertz CT molecular complexity index is 16.0. The van der Waals surface area contributed by atoms with Crippen molar-refractivity contribution in [2.75, 3.05) is 0 Å². The first-order valence-corrected chi connectivity index (χ1v) is 0. The average Bonchev–Trinajstić information content (AvgIpc) is 0. The molecule has 1 unspecified atom stereocenters. The van der Waals surface area contributed by atoms with Gasteiger partial charge in [-0.1, -0.05) is 0 Å². The van der Waals surface area contributed by atoms with Crippen LogP contribution < -0.4 is 0 Å². The summed E-state index contributed by atoms with van der Waals surface area (Å²) in [6.07, 6.45) is 0. The van der Waals surface area contributed by atoms with Crippen LogP contribution in [0.3, 0.4) is 0 Å². The second kappa shape index (κ2) is 16.7. The van der Waals surface area contributed by atoms with E-state index in [-0.39, 0.29) is 93.5 Å². The predicted octanol–water partition coefficient (Wildman–Crippen LogP) is -0.256. The summed E-state index contributed by atoms with van der Waals surface area (Å²) in [6.45, 7) is 0. The second-order valence-corrected chi connectivity index (χ2v) is 0. The van der Waals surface area contributed by atoms with E-state index >= 15 is 0 Å². The Labute approximate surface area is 92.0 Å². The normalized spacial score (nSPS) is 0. The molecule has 0 heterocycles. The largest absolute Gasteiger partial charge is 2.00 e. The van der Waals surface area contributed by atoms with Crippen molar-refractivity contribution in [3.05, 3.63) is 0 Å². The monoisotopic (exact) mass is 158 g/mol. The van der Waals surface area contributed by atoms with E-state index in [2.05, 4.69) is 0 Å². The predicted molar refractivity (Wildman–Crippen MR) is 27.1 cm³/mol. The molecule has 0 aromatic rings. The van der Waals surface area contributed by atoms with E-state index < -0.39 is 0 Å². The standard InChI is InChI=1S/Ca.Fe.Mg.H3P.4H/h;;;1H3;;;;/q+2;;+2;;4*-1. The number of rotatable bonds is 0. The molecule has 1 atom stereocenters. The van der Waals surface area contributed by atoms with Gasteiger partial charge in [0.15, 0.2) is 0 Å². The van der Waals surface area contributed by atoms with E-state index in [1.54, 1.807) is 0 Å². The summed E-state index contributed by atoms with van der Waals surface area (Å²) in [4.78, 5) is 0. The molecule has 0 N–H and O–H groups in total. The summed E-state index contributed by atoms with van der Waals surface area (Å²) < 4.78 is 0. The molecule has 0 spiro atoms. The van der Waals surface area contributed by atoms with Crippen molar-refractivity contribution in [1.29, 1.82) is 0 Å². The maximum atomic E-state index is 0. The smallest absolute Gasteiger partial charge is 1.00 e. The zero-order valence-corrected chi connectivity index (χ0v) is 8.62. The Kier molecular flexibility index (Phi) is 118. The van der Waals surface area contributed by atoms with Gasteiger partial charge in [-0.05, 0) is 0 Å². The average molecular weight is 158 g/mol. The van der Waals surface area contributed by atoms with Crippen molar-refractivity contribution in [2.24, 2.45) is 0 Å². The van der Waals surface area contributed by atoms with Crippen LogP contribution in [-0.2, 0) is 17.1 Å². The topological polar surface area (TPSA) is 0 Å². The Morgan fingerprint density at radius 3 is 1.25 bits per heavy atom. The molecule has 4 heavy (non-hydrogen) atoms. The van der Waals surface area contributed by atoms with Crippen molar-refractivity contribution in [2.45, 2.75) is 0 Å². The van der Waals surface area contributed by atoms with Gasteiger partial charge >= 0.3 is 60.8 Å². The first-order valence-electron chi connectivity index (χ1n) is 0. The minimum atomic E-state index is 0. The molecule has 0 bridgehead atoms. The van der Waals surface area contributed by atoms with Crippen LogP contribution in [0.1, 0.15) is 5.71 Å². The molecular formula is H7CaFeMgP. The van der Waals surface area contributed by atoms with Gasteiger partial charge in [-0.3, -0.25) is 0 Å². The van der Waals surface area contributed by atoms with E-state index in [0.29, 0.717) is 0 Å². The summed E-state index contributed by atoms with van der Waals surface area (Å²) in [6, 6.07) is 0. The fraction of sp³-hybridized carbons (Fsp3) is 0. The summed E-state index contributed by atoms with van der Waals surface area (Å²) >= 11 is 0. The molecule has 0 saturated carbocycles. The Morgan fingerprint density at radius 2 is 1.25 bits per heavy atom. The van der Waals surface area contributed by atoms with Crippen LogP contribution in [-0.4, -0.2) is 60.8 Å². The molecule has 0 rings (SSSR count). The van der Waals surface area contributed by atoms with E-state index in [1.165, 1.54) is 0 Å². The van der Waals surface area contributed by atoms with Crippen LogP contribution in [0.5, 0.6) is 0 Å². The van der Waals surface area contributed by atoms with E-state index in [4.69, 9.17) is 0 Å². The van der Waals surface area contributed by atoms with E-state index in [1.807, 2.05) is 0 Å². The van der Waals surface area contributed by atoms with Crippen LogP contribution >= 0.6 is 9.90 Å². The quantitative estimate of drug-likeness (QED) is 0.337. The SMILES string of the molecule is P.[Ca+2].[Fe].[H-].[H-].[H-].[H-].[Mg+2]. The van der Waals surface area contributed by atoms with Crippen LogP contribution in [0.25, 0.3) is 0 Å². The third kappa shape index (κ3) is 8.88. The van der Waals surface area contributed by atoms with Gasteiger partial charge in [0.2, 0.25) is 0 Å². The number of hydrogen-bond acceptors (Lipinski definition) is 0. The van der Waals surface area contributed by atoms with Gasteiger partial charge in [-0.2, -0.15) is 9.90 Å². The third-order valence-corrected chi connectivity index (χ3v) is 0. The Hall–Kier alpha value is 2.98. The molecule has 0 amide bonds. The molecule has 0 nitrogen and oxygen atoms in total. The summed E-state index contributed by atoms with van der Waals surface area (Å²) in [5, 5.41) is 0. The molecule has 0 aromatic carbocycles. The third-order valence-electron chi connectivity index (χ3n) is 0. The summed E-state index contributed by atoms with van der Waals surface area (Å²) in [5.74, 6) is 0. The van der Waals surface area contributed by atoms with Crippen LogP contribution in [0.2, 0.25) is 0 Å². The van der Waals surface area contributed by atoms with E-state index in [9.17, 15) is 0 Å². The molecule has 0 aliphatic carbocycles. The molecule has 0 aliphatic heterocycles. The Balaban J connectivity index is 0. The van der Waals surface area contributed by atoms with Crippen molar-refractivity contribution in [3.8, 4) is 0 Å². The molecule has 0 radical (unpaired) electrons. The molecule has 0 aliphatic rings. The second-order valence-electron chi connectivity index (χ2n) is 0. The van der Waals surface area contributed by atoms with Gasteiger partial charge in [0, 0.05) is 17.1 Å². The molecular weight excluding hydrogens is 151 g/mol. The maximum absolute atomic E-state index is 0. The molecule has 24 valence electrons. The minimum Gasteiger partial charge on any atom is -1.00 e.